The van der Waals surface area contributed by atoms with Gasteiger partial charge in [-0.1, -0.05) is 32.0 Å². The molecule has 0 saturated heterocycles. The molecule has 0 heterocycles. The van der Waals surface area contributed by atoms with E-state index in [0.717, 1.165) is 25.7 Å². The van der Waals surface area contributed by atoms with Crippen LogP contribution in [0.5, 0.6) is 0 Å². The molecule has 0 unspecified atom stereocenters. The summed E-state index contributed by atoms with van der Waals surface area (Å²) in [6.45, 7) is 7.41. The van der Waals surface area contributed by atoms with Gasteiger partial charge in [-0.15, -0.1) is 5.54 Å². The van der Waals surface area contributed by atoms with Crippen molar-refractivity contribution in [2.75, 3.05) is 20.5 Å². The SMILES string of the molecule is COCOC[C@@H]1CCCC[C@@]1(O)C#C[Si](C)(C)C. The van der Waals surface area contributed by atoms with Crippen LogP contribution in [-0.2, 0) is 9.47 Å². The van der Waals surface area contributed by atoms with Gasteiger partial charge in [0.25, 0.3) is 0 Å². The summed E-state index contributed by atoms with van der Waals surface area (Å²) in [6.07, 6.45) is 3.96. The molecule has 0 radical (unpaired) electrons. The van der Waals surface area contributed by atoms with E-state index in [0.29, 0.717) is 6.61 Å². The minimum atomic E-state index is -1.44. The predicted octanol–water partition coefficient (Wildman–Crippen LogP) is 2.41. The number of aliphatic hydroxyl groups is 1. The van der Waals surface area contributed by atoms with E-state index in [1.807, 2.05) is 0 Å². The van der Waals surface area contributed by atoms with Gasteiger partial charge in [-0.3, -0.25) is 0 Å². The lowest BCUT2D eigenvalue weighted by Gasteiger charge is -2.36. The van der Waals surface area contributed by atoms with E-state index in [1.165, 1.54) is 0 Å². The molecule has 0 aromatic heterocycles. The second-order valence-corrected chi connectivity index (χ2v) is 10.9. The molecule has 18 heavy (non-hydrogen) atoms. The van der Waals surface area contributed by atoms with Crippen molar-refractivity contribution in [2.24, 2.45) is 5.92 Å². The zero-order chi connectivity index (χ0) is 13.6. The fraction of sp³-hybridized carbons (Fsp3) is 0.857. The average Bonchev–Trinajstić information content (AvgIpc) is 2.29. The Morgan fingerprint density at radius 2 is 2.06 bits per heavy atom. The Bertz CT molecular complexity index is 313. The maximum atomic E-state index is 10.7. The van der Waals surface area contributed by atoms with Crippen molar-refractivity contribution in [1.82, 2.24) is 0 Å². The van der Waals surface area contributed by atoms with Crippen LogP contribution < -0.4 is 0 Å². The molecule has 0 aromatic rings. The second kappa shape index (κ2) is 6.72. The third kappa shape index (κ3) is 5.11. The third-order valence-corrected chi connectivity index (χ3v) is 4.09. The summed E-state index contributed by atoms with van der Waals surface area (Å²) < 4.78 is 10.3. The second-order valence-electron chi connectivity index (χ2n) is 6.14. The highest BCUT2D eigenvalue weighted by atomic mass is 28.3. The Kier molecular flexibility index (Phi) is 5.86. The van der Waals surface area contributed by atoms with Gasteiger partial charge >= 0.3 is 0 Å². The minimum absolute atomic E-state index is 0.116. The minimum Gasteiger partial charge on any atom is -0.377 e. The standard InChI is InChI=1S/C14H26O3Si/c1-16-12-17-11-13-7-5-6-8-14(13,15)9-10-18(2,3)4/h13,15H,5-8,11-12H2,1-4H3/t13-,14+/m0/s1. The molecule has 0 amide bonds. The Hall–Kier alpha value is -0.343. The number of methoxy groups -OCH3 is 1. The van der Waals surface area contributed by atoms with Crippen LogP contribution in [0.2, 0.25) is 19.6 Å². The van der Waals surface area contributed by atoms with Gasteiger partial charge < -0.3 is 14.6 Å². The lowest BCUT2D eigenvalue weighted by Crippen LogP contribution is -2.42. The summed E-state index contributed by atoms with van der Waals surface area (Å²) in [6, 6.07) is 0. The van der Waals surface area contributed by atoms with Crippen LogP contribution in [0.15, 0.2) is 0 Å². The van der Waals surface area contributed by atoms with Gasteiger partial charge in [-0.2, -0.15) is 0 Å². The smallest absolute Gasteiger partial charge is 0.146 e. The highest BCUT2D eigenvalue weighted by Gasteiger charge is 2.37. The number of hydrogen-bond donors (Lipinski definition) is 1. The molecule has 3 nitrogen and oxygen atoms in total. The monoisotopic (exact) mass is 270 g/mol. The van der Waals surface area contributed by atoms with Gasteiger partial charge in [-0.05, 0) is 19.3 Å². The summed E-state index contributed by atoms with van der Waals surface area (Å²) in [5.41, 5.74) is 2.45. The van der Waals surface area contributed by atoms with Crippen molar-refractivity contribution in [3.8, 4) is 11.5 Å². The van der Waals surface area contributed by atoms with Gasteiger partial charge in [0.2, 0.25) is 0 Å². The van der Waals surface area contributed by atoms with E-state index in [-0.39, 0.29) is 12.7 Å². The quantitative estimate of drug-likeness (QED) is 0.369. The molecule has 1 aliphatic rings. The largest absolute Gasteiger partial charge is 0.377 e. The Labute approximate surface area is 112 Å². The maximum absolute atomic E-state index is 10.7. The fourth-order valence-electron chi connectivity index (χ4n) is 2.18. The molecular formula is C14H26O3Si. The molecule has 1 fully saturated rings. The van der Waals surface area contributed by atoms with Crippen LogP contribution in [0.3, 0.4) is 0 Å². The van der Waals surface area contributed by atoms with Crippen LogP contribution in [0.4, 0.5) is 0 Å². The number of hydrogen-bond acceptors (Lipinski definition) is 3. The van der Waals surface area contributed by atoms with Crippen molar-refractivity contribution in [1.29, 1.82) is 0 Å². The van der Waals surface area contributed by atoms with Gasteiger partial charge in [0.1, 0.15) is 20.5 Å². The molecule has 1 aliphatic carbocycles. The number of ether oxygens (including phenoxy) is 2. The lowest BCUT2D eigenvalue weighted by molar-refractivity contribution is -0.0861. The lowest BCUT2D eigenvalue weighted by atomic mass is 9.76. The van der Waals surface area contributed by atoms with Crippen LogP contribution in [0.25, 0.3) is 0 Å². The maximum Gasteiger partial charge on any atom is 0.146 e. The van der Waals surface area contributed by atoms with Crippen molar-refractivity contribution >= 4 is 8.07 Å². The molecule has 104 valence electrons. The van der Waals surface area contributed by atoms with Gasteiger partial charge in [0.05, 0.1) is 6.61 Å². The number of rotatable bonds is 4. The first-order valence-corrected chi connectivity index (χ1v) is 10.2. The van der Waals surface area contributed by atoms with Gasteiger partial charge in [0, 0.05) is 13.0 Å². The Morgan fingerprint density at radius 1 is 1.33 bits per heavy atom. The Balaban J connectivity index is 2.69. The van der Waals surface area contributed by atoms with E-state index < -0.39 is 13.7 Å². The molecular weight excluding hydrogens is 244 g/mol. The summed E-state index contributed by atoms with van der Waals surface area (Å²) in [5.74, 6) is 3.28. The molecule has 0 aliphatic heterocycles. The fourth-order valence-corrected chi connectivity index (χ4v) is 2.77. The summed E-state index contributed by atoms with van der Waals surface area (Å²) in [7, 11) is 0.167. The van der Waals surface area contributed by atoms with E-state index in [1.54, 1.807) is 7.11 Å². The molecule has 1 saturated carbocycles. The zero-order valence-electron chi connectivity index (χ0n) is 12.1. The third-order valence-electron chi connectivity index (χ3n) is 3.21. The first-order chi connectivity index (χ1) is 8.37. The van der Waals surface area contributed by atoms with E-state index >= 15 is 0 Å². The molecule has 1 N–H and O–H groups in total. The van der Waals surface area contributed by atoms with Crippen molar-refractivity contribution in [3.05, 3.63) is 0 Å². The first-order valence-electron chi connectivity index (χ1n) is 6.71. The molecule has 2 atom stereocenters. The van der Waals surface area contributed by atoms with Crippen molar-refractivity contribution in [3.63, 3.8) is 0 Å². The predicted molar refractivity (Wildman–Crippen MR) is 75.9 cm³/mol. The molecule has 0 aromatic carbocycles. The van der Waals surface area contributed by atoms with E-state index in [2.05, 4.69) is 31.1 Å². The topological polar surface area (TPSA) is 38.7 Å². The van der Waals surface area contributed by atoms with Crippen LogP contribution in [0.1, 0.15) is 25.7 Å². The molecule has 1 rings (SSSR count). The normalized spacial score (nSPS) is 28.6. The molecule has 0 spiro atoms. The highest BCUT2D eigenvalue weighted by Crippen LogP contribution is 2.33. The summed E-state index contributed by atoms with van der Waals surface area (Å²) in [4.78, 5) is 0. The summed E-state index contributed by atoms with van der Waals surface area (Å²) in [5, 5.41) is 10.7. The Morgan fingerprint density at radius 3 is 2.67 bits per heavy atom. The van der Waals surface area contributed by atoms with E-state index in [9.17, 15) is 5.11 Å². The average molecular weight is 270 g/mol. The van der Waals surface area contributed by atoms with Crippen LogP contribution in [0, 0.1) is 17.4 Å². The molecule has 4 heteroatoms. The van der Waals surface area contributed by atoms with Crippen molar-refractivity contribution in [2.45, 2.75) is 50.9 Å². The first kappa shape index (κ1) is 15.7. The zero-order valence-corrected chi connectivity index (χ0v) is 13.1. The summed E-state index contributed by atoms with van der Waals surface area (Å²) >= 11 is 0. The van der Waals surface area contributed by atoms with E-state index in [4.69, 9.17) is 9.47 Å². The van der Waals surface area contributed by atoms with Crippen LogP contribution in [-0.4, -0.2) is 39.3 Å². The van der Waals surface area contributed by atoms with Crippen molar-refractivity contribution < 1.29 is 14.6 Å². The van der Waals surface area contributed by atoms with Gasteiger partial charge in [-0.25, -0.2) is 0 Å². The van der Waals surface area contributed by atoms with Gasteiger partial charge in [0.15, 0.2) is 0 Å². The highest BCUT2D eigenvalue weighted by molar-refractivity contribution is 6.83. The van der Waals surface area contributed by atoms with Crippen LogP contribution >= 0.6 is 0 Å². The molecule has 0 bridgehead atoms.